The van der Waals surface area contributed by atoms with Gasteiger partial charge in [0.05, 0.1) is 35.7 Å². The number of rotatable bonds is 2. The molecule has 2 aromatic rings. The first-order chi connectivity index (χ1) is 24.0. The molecule has 50 heavy (non-hydrogen) atoms. The van der Waals surface area contributed by atoms with Gasteiger partial charge in [-0.2, -0.15) is 0 Å². The van der Waals surface area contributed by atoms with Crippen LogP contribution in [0, 0.1) is 18.8 Å². The number of ether oxygens (including phenoxy) is 2. The van der Waals surface area contributed by atoms with Crippen molar-refractivity contribution in [1.82, 2.24) is 9.62 Å². The summed E-state index contributed by atoms with van der Waals surface area (Å²) in [6.45, 7) is 4.17. The molecular weight excluding hydrogens is 677 g/mol. The fourth-order valence-electron chi connectivity index (χ4n) is 8.39. The molecule has 3 aliphatic heterocycles. The van der Waals surface area contributed by atoms with E-state index in [9.17, 15) is 22.2 Å². The Hall–Kier alpha value is -3.42. The van der Waals surface area contributed by atoms with E-state index < -0.39 is 31.7 Å². The number of nitrogens with zero attached hydrogens (tertiary/aromatic N) is 3. The first-order valence-corrected chi connectivity index (χ1v) is 21.3. The average Bonchev–Trinajstić information content (AvgIpc) is 3.22. The van der Waals surface area contributed by atoms with Crippen LogP contribution in [0.2, 0.25) is 0 Å². The highest BCUT2D eigenvalue weighted by atomic mass is 32.2. The van der Waals surface area contributed by atoms with Gasteiger partial charge in [-0.1, -0.05) is 35.9 Å². The Kier molecular flexibility index (Phi) is 9.77. The lowest BCUT2D eigenvalue weighted by Crippen LogP contribution is -2.50. The summed E-state index contributed by atoms with van der Waals surface area (Å²) in [5, 5.41) is 0. The number of allylic oxidation sites excluding steroid dienone is 1. The smallest absolute Gasteiger partial charge is 0.329 e. The van der Waals surface area contributed by atoms with Gasteiger partial charge in [0.1, 0.15) is 15.7 Å². The van der Waals surface area contributed by atoms with E-state index in [0.29, 0.717) is 37.0 Å². The third-order valence-corrected chi connectivity index (χ3v) is 14.7. The van der Waals surface area contributed by atoms with Crippen LogP contribution >= 0.6 is 0 Å². The number of nitrogens with one attached hydrogen (secondary N) is 1. The molecule has 0 aromatic heterocycles. The van der Waals surface area contributed by atoms with Crippen molar-refractivity contribution in [1.29, 1.82) is 0 Å². The minimum Gasteiger partial charge on any atom is -0.490 e. The fraction of sp³-hybridized carbons (Fsp3) is 0.568. The van der Waals surface area contributed by atoms with E-state index >= 15 is 0 Å². The van der Waals surface area contributed by atoms with Crippen LogP contribution in [0.3, 0.4) is 0 Å². The number of hydrogen-bond donors (Lipinski definition) is 1. The van der Waals surface area contributed by atoms with Gasteiger partial charge >= 0.3 is 6.03 Å². The number of hydrogen-bond acceptors (Lipinski definition) is 8. The monoisotopic (exact) mass is 724 g/mol. The predicted octanol–water partition coefficient (Wildman–Crippen LogP) is 4.82. The maximum absolute atomic E-state index is 14.3. The standard InChI is InChI=1S/C37H48N4O7S2/c1-26-9-13-31-27(21-26)7-6-15-37(31)24-41-23-29-10-12-30(29)33(47-2)8-4-3-5-18-50(46,39-36(43)40-16-19-49(44,45)20-17-40)38-35(42)28-11-14-34(48-25-37)32(41)22-28/h4,8-9,11,13-14,21-22,29-30,33H,3,5-7,10,12,15-20,23-25H2,1-2H3,(H,38,39,42,43,46)/b8-4+. The summed E-state index contributed by atoms with van der Waals surface area (Å²) in [7, 11) is -5.02. The zero-order valence-corrected chi connectivity index (χ0v) is 30.6. The Morgan fingerprint density at radius 1 is 1.06 bits per heavy atom. The van der Waals surface area contributed by atoms with E-state index in [4.69, 9.17) is 9.47 Å². The van der Waals surface area contributed by atoms with Crippen LogP contribution in [0.5, 0.6) is 5.75 Å². The topological polar surface area (TPSA) is 135 Å². The van der Waals surface area contributed by atoms with Crippen molar-refractivity contribution in [3.63, 3.8) is 0 Å². The van der Waals surface area contributed by atoms with Crippen LogP contribution in [-0.2, 0) is 36.3 Å². The van der Waals surface area contributed by atoms with Crippen LogP contribution in [-0.4, -0.2) is 92.7 Å². The molecule has 270 valence electrons. The summed E-state index contributed by atoms with van der Waals surface area (Å²) in [5.41, 5.74) is 4.83. The van der Waals surface area contributed by atoms with Crippen LogP contribution in [0.1, 0.15) is 65.6 Å². The molecule has 2 fully saturated rings. The number of methoxy groups -OCH3 is 1. The Labute approximate surface area is 296 Å². The summed E-state index contributed by atoms with van der Waals surface area (Å²) in [5.74, 6) is 0.394. The highest BCUT2D eigenvalue weighted by molar-refractivity contribution is 7.92. The molecule has 1 spiro atoms. The molecule has 1 N–H and O–H groups in total. The normalized spacial score (nSPS) is 31.6. The molecule has 5 unspecified atom stereocenters. The molecule has 0 radical (unpaired) electrons. The molecule has 11 nitrogen and oxygen atoms in total. The van der Waals surface area contributed by atoms with Crippen LogP contribution in [0.4, 0.5) is 10.5 Å². The van der Waals surface area contributed by atoms with E-state index in [1.807, 2.05) is 18.2 Å². The Bertz CT molecular complexity index is 1910. The molecule has 5 aliphatic rings. The fourth-order valence-corrected chi connectivity index (χ4v) is 11.2. The molecule has 1 saturated heterocycles. The lowest BCUT2D eigenvalue weighted by atomic mass is 9.68. The van der Waals surface area contributed by atoms with Crippen molar-refractivity contribution in [3.8, 4) is 5.75 Å². The van der Waals surface area contributed by atoms with Crippen molar-refractivity contribution in [3.05, 3.63) is 70.8 Å². The predicted molar refractivity (Wildman–Crippen MR) is 194 cm³/mol. The zero-order valence-electron chi connectivity index (χ0n) is 29.0. The van der Waals surface area contributed by atoms with Gasteiger partial charge in [-0.3, -0.25) is 9.52 Å². The largest absolute Gasteiger partial charge is 0.490 e. The summed E-state index contributed by atoms with van der Waals surface area (Å²) < 4.78 is 57.5. The molecule has 13 heteroatoms. The molecule has 5 atom stereocenters. The minimum atomic E-state index is -3.55. The molecule has 3 amide bonds. The zero-order chi connectivity index (χ0) is 35.1. The van der Waals surface area contributed by atoms with E-state index in [0.717, 1.165) is 50.9 Å². The summed E-state index contributed by atoms with van der Waals surface area (Å²) in [6, 6.07) is 11.4. The van der Waals surface area contributed by atoms with Gasteiger partial charge < -0.3 is 19.3 Å². The Morgan fingerprint density at radius 2 is 1.88 bits per heavy atom. The highest BCUT2D eigenvalue weighted by Crippen LogP contribution is 2.46. The number of sulfone groups is 1. The van der Waals surface area contributed by atoms with E-state index in [1.54, 1.807) is 13.2 Å². The molecule has 3 heterocycles. The minimum absolute atomic E-state index is 0.00678. The van der Waals surface area contributed by atoms with Crippen molar-refractivity contribution in [2.45, 2.75) is 63.4 Å². The molecule has 2 bridgehead atoms. The van der Waals surface area contributed by atoms with Gasteiger partial charge in [-0.15, -0.1) is 4.36 Å². The highest BCUT2D eigenvalue weighted by Gasteiger charge is 2.44. The van der Waals surface area contributed by atoms with Gasteiger partial charge in [0.25, 0.3) is 5.91 Å². The van der Waals surface area contributed by atoms with Crippen LogP contribution in [0.25, 0.3) is 0 Å². The van der Waals surface area contributed by atoms with E-state index in [1.165, 1.54) is 21.6 Å². The quantitative estimate of drug-likeness (QED) is 0.436. The molecular formula is C37H48N4O7S2. The number of fused-ring (bicyclic) bond motifs is 4. The van der Waals surface area contributed by atoms with Crippen molar-refractivity contribution in [2.24, 2.45) is 16.2 Å². The number of urea groups is 1. The number of carbonyl (C=O) groups is 2. The summed E-state index contributed by atoms with van der Waals surface area (Å²) >= 11 is 0. The van der Waals surface area contributed by atoms with Crippen molar-refractivity contribution >= 4 is 37.4 Å². The lowest BCUT2D eigenvalue weighted by molar-refractivity contribution is 0.0132. The third-order valence-electron chi connectivity index (χ3n) is 11.3. The third kappa shape index (κ3) is 7.18. The molecule has 7 rings (SSSR count). The SMILES string of the molecule is COC1/C=C/CCCS(=O)(NC(=O)N2CCS(=O)(=O)CC2)=NC(=O)c2ccc3c(c2)N(CC2CCC21)CC1(CCCc2cc(C)ccc21)CO3. The lowest BCUT2D eigenvalue weighted by Gasteiger charge is -2.46. The number of benzene rings is 2. The average molecular weight is 725 g/mol. The summed E-state index contributed by atoms with van der Waals surface area (Å²) in [4.78, 5) is 30.8. The second-order valence-corrected chi connectivity index (χ2v) is 19.1. The van der Waals surface area contributed by atoms with Crippen LogP contribution < -0.4 is 14.4 Å². The van der Waals surface area contributed by atoms with Gasteiger partial charge in [-0.05, 0) is 93.0 Å². The van der Waals surface area contributed by atoms with E-state index in [2.05, 4.69) is 45.2 Å². The van der Waals surface area contributed by atoms with Crippen molar-refractivity contribution in [2.75, 3.05) is 62.1 Å². The van der Waals surface area contributed by atoms with Gasteiger partial charge in [-0.25, -0.2) is 17.4 Å². The van der Waals surface area contributed by atoms with Gasteiger partial charge in [0.15, 0.2) is 9.84 Å². The van der Waals surface area contributed by atoms with Crippen LogP contribution in [0.15, 0.2) is 52.9 Å². The Balaban J connectivity index is 1.26. The number of aryl methyl sites for hydroxylation is 2. The summed E-state index contributed by atoms with van der Waals surface area (Å²) in [6.07, 6.45) is 10.3. The van der Waals surface area contributed by atoms with E-state index in [-0.39, 0.29) is 47.4 Å². The second-order valence-electron chi connectivity index (χ2n) is 14.7. The maximum atomic E-state index is 14.3. The Morgan fingerprint density at radius 3 is 2.64 bits per heavy atom. The second kappa shape index (κ2) is 14.0. The number of anilines is 1. The van der Waals surface area contributed by atoms with Gasteiger partial charge in [0.2, 0.25) is 0 Å². The van der Waals surface area contributed by atoms with Crippen molar-refractivity contribution < 1.29 is 31.7 Å². The number of carbonyl (C=O) groups excluding carboxylic acids is 2. The first-order valence-electron chi connectivity index (χ1n) is 17.8. The first kappa shape index (κ1) is 35.0. The van der Waals surface area contributed by atoms with Gasteiger partial charge in [0, 0.05) is 44.3 Å². The maximum Gasteiger partial charge on any atom is 0.329 e. The molecule has 2 aromatic carbocycles. The number of amides is 3. The molecule has 1 saturated carbocycles. The molecule has 2 aliphatic carbocycles.